The van der Waals surface area contributed by atoms with Crippen molar-refractivity contribution in [2.24, 2.45) is 23.7 Å². The summed E-state index contributed by atoms with van der Waals surface area (Å²) < 4.78 is 0. The lowest BCUT2D eigenvalue weighted by Gasteiger charge is -2.43. The monoisotopic (exact) mass is 318 g/mol. The Labute approximate surface area is 137 Å². The number of carbonyl (C=O) groups excluding carboxylic acids is 1. The summed E-state index contributed by atoms with van der Waals surface area (Å²) in [6.45, 7) is 1.05. The fourth-order valence-corrected chi connectivity index (χ4v) is 4.54. The molecule has 2 N–H and O–H groups in total. The second kappa shape index (κ2) is 5.93. The molecule has 3 unspecified atom stereocenters. The molecule has 0 radical (unpaired) electrons. The zero-order valence-corrected chi connectivity index (χ0v) is 13.5. The molecular weight excluding hydrogens is 292 g/mol. The van der Waals surface area contributed by atoms with Crippen molar-refractivity contribution in [2.75, 3.05) is 13.1 Å². The molecule has 23 heavy (non-hydrogen) atoms. The van der Waals surface area contributed by atoms with E-state index >= 15 is 0 Å². The number of allylic oxidation sites excluding steroid dienone is 2. The van der Waals surface area contributed by atoms with Crippen LogP contribution in [-0.4, -0.2) is 47.1 Å². The number of nitrogens with one attached hydrogen (secondary N) is 1. The molecule has 3 saturated carbocycles. The highest BCUT2D eigenvalue weighted by Gasteiger charge is 2.42. The minimum absolute atomic E-state index is 0.138. The third-order valence-corrected chi connectivity index (χ3v) is 6.12. The fourth-order valence-electron chi connectivity index (χ4n) is 4.54. The molecule has 4 aliphatic carbocycles. The standard InChI is InChI=1S/C18H26N2O3/c21-17(22)10-20(9-11-1-2-11)15-7-14(8-15)19-18(23)16-6-12-3-4-13(16)5-12/h3-4,11-16H,1-2,5-10H2,(H,19,23)(H,21,22). The molecule has 126 valence electrons. The van der Waals surface area contributed by atoms with Crippen LogP contribution in [0, 0.1) is 23.7 Å². The van der Waals surface area contributed by atoms with Crippen LogP contribution < -0.4 is 5.32 Å². The maximum atomic E-state index is 12.4. The van der Waals surface area contributed by atoms with Gasteiger partial charge in [-0.25, -0.2) is 0 Å². The summed E-state index contributed by atoms with van der Waals surface area (Å²) in [5.74, 6) is 1.42. The summed E-state index contributed by atoms with van der Waals surface area (Å²) in [5.41, 5.74) is 0. The number of hydrogen-bond acceptors (Lipinski definition) is 3. The van der Waals surface area contributed by atoms with Gasteiger partial charge in [0.25, 0.3) is 0 Å². The molecule has 0 aromatic carbocycles. The quantitative estimate of drug-likeness (QED) is 0.700. The molecule has 0 aromatic heterocycles. The van der Waals surface area contributed by atoms with Gasteiger partial charge in [0.1, 0.15) is 0 Å². The Morgan fingerprint density at radius 2 is 1.91 bits per heavy atom. The van der Waals surface area contributed by atoms with Crippen LogP contribution in [0.4, 0.5) is 0 Å². The van der Waals surface area contributed by atoms with Crippen molar-refractivity contribution in [1.82, 2.24) is 10.2 Å². The predicted octanol–water partition coefficient (Wildman–Crippen LogP) is 1.64. The highest BCUT2D eigenvalue weighted by atomic mass is 16.4. The Hall–Kier alpha value is -1.36. The first kappa shape index (κ1) is 15.2. The van der Waals surface area contributed by atoms with Gasteiger partial charge in [0.15, 0.2) is 0 Å². The zero-order chi connectivity index (χ0) is 16.0. The molecule has 0 aliphatic heterocycles. The summed E-state index contributed by atoms with van der Waals surface area (Å²) in [5, 5.41) is 12.3. The van der Waals surface area contributed by atoms with Gasteiger partial charge in [0.2, 0.25) is 5.91 Å². The predicted molar refractivity (Wildman–Crippen MR) is 85.7 cm³/mol. The number of fused-ring (bicyclic) bond motifs is 2. The number of rotatable bonds is 7. The molecule has 0 spiro atoms. The smallest absolute Gasteiger partial charge is 0.317 e. The van der Waals surface area contributed by atoms with Crippen molar-refractivity contribution in [1.29, 1.82) is 0 Å². The molecule has 1 amide bonds. The Balaban J connectivity index is 1.24. The average Bonchev–Trinajstić information content (AvgIpc) is 3.02. The van der Waals surface area contributed by atoms with Crippen molar-refractivity contribution >= 4 is 11.9 Å². The summed E-state index contributed by atoms with van der Waals surface area (Å²) in [6.07, 6.45) is 10.9. The number of carboxylic acid groups (broad SMARTS) is 1. The molecule has 0 saturated heterocycles. The van der Waals surface area contributed by atoms with Crippen LogP contribution in [-0.2, 0) is 9.59 Å². The van der Waals surface area contributed by atoms with Crippen molar-refractivity contribution in [3.63, 3.8) is 0 Å². The molecule has 4 rings (SSSR count). The molecule has 3 fully saturated rings. The van der Waals surface area contributed by atoms with Crippen LogP contribution in [0.1, 0.15) is 38.5 Å². The first-order chi connectivity index (χ1) is 11.1. The number of nitrogens with zero attached hydrogens (tertiary/aromatic N) is 1. The second-order valence-corrected chi connectivity index (χ2v) is 7.98. The first-order valence-corrected chi connectivity index (χ1v) is 9.03. The SMILES string of the molecule is O=C(O)CN(CC1CC1)C1CC(NC(=O)C2CC3C=CC2C3)C1. The van der Waals surface area contributed by atoms with E-state index in [1.807, 2.05) is 0 Å². The topological polar surface area (TPSA) is 69.6 Å². The molecule has 0 heterocycles. The molecule has 3 atom stereocenters. The number of carbonyl (C=O) groups is 2. The molecule has 5 nitrogen and oxygen atoms in total. The van der Waals surface area contributed by atoms with E-state index in [2.05, 4.69) is 22.4 Å². The minimum atomic E-state index is -0.744. The number of carboxylic acids is 1. The van der Waals surface area contributed by atoms with Gasteiger partial charge in [-0.1, -0.05) is 12.2 Å². The number of amides is 1. The van der Waals surface area contributed by atoms with E-state index in [0.717, 1.165) is 32.2 Å². The largest absolute Gasteiger partial charge is 0.480 e. The van der Waals surface area contributed by atoms with E-state index in [-0.39, 0.29) is 24.4 Å². The van der Waals surface area contributed by atoms with Crippen LogP contribution in [0.2, 0.25) is 0 Å². The van der Waals surface area contributed by atoms with Crippen LogP contribution in [0.25, 0.3) is 0 Å². The van der Waals surface area contributed by atoms with Crippen LogP contribution in [0.15, 0.2) is 12.2 Å². The van der Waals surface area contributed by atoms with Gasteiger partial charge < -0.3 is 10.4 Å². The summed E-state index contributed by atoms with van der Waals surface area (Å²) in [7, 11) is 0. The Morgan fingerprint density at radius 3 is 2.48 bits per heavy atom. The maximum absolute atomic E-state index is 12.4. The fraction of sp³-hybridized carbons (Fsp3) is 0.778. The summed E-state index contributed by atoms with van der Waals surface area (Å²) >= 11 is 0. The molecule has 0 aromatic rings. The molecular formula is C18H26N2O3. The highest BCUT2D eigenvalue weighted by Crippen LogP contribution is 2.43. The van der Waals surface area contributed by atoms with Gasteiger partial charge in [-0.3, -0.25) is 14.5 Å². The van der Waals surface area contributed by atoms with Gasteiger partial charge >= 0.3 is 5.97 Å². The lowest BCUT2D eigenvalue weighted by atomic mass is 9.84. The van der Waals surface area contributed by atoms with E-state index in [4.69, 9.17) is 5.11 Å². The molecule has 4 aliphatic rings. The van der Waals surface area contributed by atoms with Crippen molar-refractivity contribution < 1.29 is 14.7 Å². The van der Waals surface area contributed by atoms with Gasteiger partial charge in [-0.15, -0.1) is 0 Å². The van der Waals surface area contributed by atoms with Gasteiger partial charge in [0.05, 0.1) is 6.54 Å². The van der Waals surface area contributed by atoms with E-state index in [1.165, 1.54) is 12.8 Å². The average molecular weight is 318 g/mol. The lowest BCUT2D eigenvalue weighted by molar-refractivity contribution is -0.140. The number of hydrogen-bond donors (Lipinski definition) is 2. The second-order valence-electron chi connectivity index (χ2n) is 7.98. The third-order valence-electron chi connectivity index (χ3n) is 6.12. The van der Waals surface area contributed by atoms with E-state index in [0.29, 0.717) is 23.8 Å². The van der Waals surface area contributed by atoms with Crippen molar-refractivity contribution in [3.05, 3.63) is 12.2 Å². The Morgan fingerprint density at radius 1 is 1.13 bits per heavy atom. The Kier molecular flexibility index (Phi) is 3.92. The highest BCUT2D eigenvalue weighted by molar-refractivity contribution is 5.80. The van der Waals surface area contributed by atoms with Crippen LogP contribution in [0.3, 0.4) is 0 Å². The van der Waals surface area contributed by atoms with E-state index in [1.54, 1.807) is 0 Å². The third kappa shape index (κ3) is 3.30. The van der Waals surface area contributed by atoms with Crippen molar-refractivity contribution in [2.45, 2.75) is 50.6 Å². The first-order valence-electron chi connectivity index (χ1n) is 9.03. The molecule has 2 bridgehead atoms. The van der Waals surface area contributed by atoms with E-state index < -0.39 is 5.97 Å². The Bertz CT molecular complexity index is 522. The van der Waals surface area contributed by atoms with Crippen molar-refractivity contribution in [3.8, 4) is 0 Å². The van der Waals surface area contributed by atoms with Crippen LogP contribution in [0.5, 0.6) is 0 Å². The minimum Gasteiger partial charge on any atom is -0.480 e. The summed E-state index contributed by atoms with van der Waals surface area (Å²) in [6, 6.07) is 0.572. The maximum Gasteiger partial charge on any atom is 0.317 e. The van der Waals surface area contributed by atoms with E-state index in [9.17, 15) is 9.59 Å². The van der Waals surface area contributed by atoms with Gasteiger partial charge in [-0.05, 0) is 56.3 Å². The zero-order valence-electron chi connectivity index (χ0n) is 13.5. The van der Waals surface area contributed by atoms with Gasteiger partial charge in [-0.2, -0.15) is 0 Å². The summed E-state index contributed by atoms with van der Waals surface area (Å²) in [4.78, 5) is 25.6. The van der Waals surface area contributed by atoms with Crippen LogP contribution >= 0.6 is 0 Å². The number of aliphatic carboxylic acids is 1. The normalized spacial score (nSPS) is 37.9. The van der Waals surface area contributed by atoms with Gasteiger partial charge in [0, 0.05) is 24.5 Å². The lowest BCUT2D eigenvalue weighted by Crippen LogP contribution is -2.56. The molecule has 5 heteroatoms.